The van der Waals surface area contributed by atoms with Crippen molar-refractivity contribution in [3.8, 4) is 0 Å². The van der Waals surface area contributed by atoms with E-state index in [1.165, 1.54) is 30.0 Å². The molecule has 15 heavy (non-hydrogen) atoms. The highest BCUT2D eigenvalue weighted by Gasteiger charge is 2.24. The molecular weight excluding hydrogens is 204 g/mol. The molecule has 2 rings (SSSR count). The molecule has 1 heterocycles. The molecule has 0 spiro atoms. The molecule has 0 amide bonds. The Morgan fingerprint density at radius 3 is 2.80 bits per heavy atom. The number of thiazole rings is 1. The fourth-order valence-electron chi connectivity index (χ4n) is 1.81. The average Bonchev–Trinajstić information content (AvgIpc) is 2.49. The molecule has 0 unspecified atom stereocenters. The molecule has 2 nitrogen and oxygen atoms in total. The molecule has 1 aliphatic rings. The minimum Gasteiger partial charge on any atom is -0.330 e. The van der Waals surface area contributed by atoms with Gasteiger partial charge in [-0.15, -0.1) is 11.3 Å². The molecule has 1 aromatic rings. The topological polar surface area (TPSA) is 38.9 Å². The van der Waals surface area contributed by atoms with E-state index >= 15 is 0 Å². The number of hydrogen-bond acceptors (Lipinski definition) is 3. The highest BCUT2D eigenvalue weighted by atomic mass is 32.1. The molecule has 84 valence electrons. The lowest BCUT2D eigenvalue weighted by Crippen LogP contribution is -2.26. The molecule has 3 heteroatoms. The molecule has 2 N–H and O–H groups in total. The van der Waals surface area contributed by atoms with Gasteiger partial charge in [-0.2, -0.15) is 0 Å². The minimum atomic E-state index is 0.185. The van der Waals surface area contributed by atoms with Gasteiger partial charge >= 0.3 is 0 Å². The second-order valence-electron chi connectivity index (χ2n) is 5.35. The zero-order valence-corrected chi connectivity index (χ0v) is 10.4. The number of aromatic nitrogens is 1. The Hall–Kier alpha value is -0.410. The smallest absolute Gasteiger partial charge is 0.0959 e. The standard InChI is InChI=1S/C12H20N2S/c1-12(2,8-13)6-10-7-15-11(14-10)9-4-3-5-9/h7,9H,3-6,8,13H2,1-2H3. The Bertz CT molecular complexity index is 326. The molecule has 0 atom stereocenters. The Morgan fingerprint density at radius 1 is 1.53 bits per heavy atom. The summed E-state index contributed by atoms with van der Waals surface area (Å²) in [5, 5.41) is 3.56. The molecule has 0 saturated heterocycles. The SMILES string of the molecule is CC(C)(CN)Cc1csc(C2CCC2)n1. The van der Waals surface area contributed by atoms with Crippen LogP contribution in [-0.2, 0) is 6.42 Å². The normalized spacial score (nSPS) is 17.8. The maximum absolute atomic E-state index is 5.73. The minimum absolute atomic E-state index is 0.185. The third kappa shape index (κ3) is 2.58. The van der Waals surface area contributed by atoms with Gasteiger partial charge in [0.25, 0.3) is 0 Å². The fraction of sp³-hybridized carbons (Fsp3) is 0.750. The van der Waals surface area contributed by atoms with Gasteiger partial charge in [0, 0.05) is 11.3 Å². The first kappa shape index (κ1) is 11.1. The van der Waals surface area contributed by atoms with Crippen molar-refractivity contribution < 1.29 is 0 Å². The maximum atomic E-state index is 5.73. The molecule has 1 fully saturated rings. The monoisotopic (exact) mass is 224 g/mol. The van der Waals surface area contributed by atoms with Gasteiger partial charge < -0.3 is 5.73 Å². The van der Waals surface area contributed by atoms with Gasteiger partial charge in [-0.25, -0.2) is 4.98 Å². The summed E-state index contributed by atoms with van der Waals surface area (Å²) < 4.78 is 0. The van der Waals surface area contributed by atoms with Crippen molar-refractivity contribution in [1.82, 2.24) is 4.98 Å². The molecule has 1 aliphatic carbocycles. The van der Waals surface area contributed by atoms with Crippen LogP contribution in [0.5, 0.6) is 0 Å². The summed E-state index contributed by atoms with van der Waals surface area (Å²) in [7, 11) is 0. The Labute approximate surface area is 95.9 Å². The van der Waals surface area contributed by atoms with E-state index in [-0.39, 0.29) is 5.41 Å². The Balaban J connectivity index is 2.00. The van der Waals surface area contributed by atoms with Crippen LogP contribution in [0, 0.1) is 5.41 Å². The summed E-state index contributed by atoms with van der Waals surface area (Å²) in [6, 6.07) is 0. The zero-order valence-electron chi connectivity index (χ0n) is 9.62. The third-order valence-corrected chi connectivity index (χ3v) is 4.29. The van der Waals surface area contributed by atoms with E-state index in [9.17, 15) is 0 Å². The van der Waals surface area contributed by atoms with Crippen LogP contribution in [0.15, 0.2) is 5.38 Å². The van der Waals surface area contributed by atoms with Crippen LogP contribution in [0.2, 0.25) is 0 Å². The lowest BCUT2D eigenvalue weighted by Gasteiger charge is -2.23. The van der Waals surface area contributed by atoms with Crippen molar-refractivity contribution in [2.75, 3.05) is 6.54 Å². The van der Waals surface area contributed by atoms with Crippen LogP contribution in [0.25, 0.3) is 0 Å². The molecular formula is C12H20N2S. The van der Waals surface area contributed by atoms with E-state index in [2.05, 4.69) is 19.2 Å². The molecule has 0 aliphatic heterocycles. The number of nitrogens with two attached hydrogens (primary N) is 1. The zero-order chi connectivity index (χ0) is 10.9. The summed E-state index contributed by atoms with van der Waals surface area (Å²) in [4.78, 5) is 4.73. The summed E-state index contributed by atoms with van der Waals surface area (Å²) in [5.41, 5.74) is 7.15. The van der Waals surface area contributed by atoms with Gasteiger partial charge in [-0.1, -0.05) is 20.3 Å². The first-order valence-corrected chi connectivity index (χ1v) is 6.63. The predicted octanol–water partition coefficient (Wildman–Crippen LogP) is 2.94. The van der Waals surface area contributed by atoms with E-state index < -0.39 is 0 Å². The van der Waals surface area contributed by atoms with E-state index in [0.29, 0.717) is 0 Å². The van der Waals surface area contributed by atoms with Gasteiger partial charge in [0.1, 0.15) is 0 Å². The van der Waals surface area contributed by atoms with Gasteiger partial charge in [0.2, 0.25) is 0 Å². The summed E-state index contributed by atoms with van der Waals surface area (Å²) in [6.07, 6.45) is 5.07. The van der Waals surface area contributed by atoms with Crippen LogP contribution in [-0.4, -0.2) is 11.5 Å². The van der Waals surface area contributed by atoms with E-state index in [4.69, 9.17) is 10.7 Å². The van der Waals surface area contributed by atoms with Gasteiger partial charge in [-0.3, -0.25) is 0 Å². The first-order chi connectivity index (χ1) is 7.11. The van der Waals surface area contributed by atoms with Crippen LogP contribution < -0.4 is 5.73 Å². The highest BCUT2D eigenvalue weighted by Crippen LogP contribution is 2.38. The van der Waals surface area contributed by atoms with Gasteiger partial charge in [0.15, 0.2) is 0 Å². The molecule has 1 aromatic heterocycles. The summed E-state index contributed by atoms with van der Waals surface area (Å²) in [6.45, 7) is 5.13. The second-order valence-corrected chi connectivity index (χ2v) is 6.24. The molecule has 0 bridgehead atoms. The van der Waals surface area contributed by atoms with Crippen molar-refractivity contribution in [3.63, 3.8) is 0 Å². The van der Waals surface area contributed by atoms with Gasteiger partial charge in [-0.05, 0) is 31.2 Å². The van der Waals surface area contributed by atoms with Gasteiger partial charge in [0.05, 0.1) is 10.7 Å². The second kappa shape index (κ2) is 4.22. The van der Waals surface area contributed by atoms with Crippen molar-refractivity contribution in [1.29, 1.82) is 0 Å². The molecule has 0 aromatic carbocycles. The quantitative estimate of drug-likeness (QED) is 0.854. The van der Waals surface area contributed by atoms with E-state index in [0.717, 1.165) is 18.9 Å². The first-order valence-electron chi connectivity index (χ1n) is 5.75. The van der Waals surface area contributed by atoms with Crippen molar-refractivity contribution in [2.45, 2.75) is 45.4 Å². The lowest BCUT2D eigenvalue weighted by atomic mass is 9.86. The van der Waals surface area contributed by atoms with Crippen molar-refractivity contribution in [3.05, 3.63) is 16.1 Å². The van der Waals surface area contributed by atoms with E-state index in [1.807, 2.05) is 11.3 Å². The summed E-state index contributed by atoms with van der Waals surface area (Å²) >= 11 is 1.83. The number of rotatable bonds is 4. The van der Waals surface area contributed by atoms with Crippen LogP contribution in [0.3, 0.4) is 0 Å². The maximum Gasteiger partial charge on any atom is 0.0959 e. The van der Waals surface area contributed by atoms with Crippen molar-refractivity contribution in [2.24, 2.45) is 11.1 Å². The Kier molecular flexibility index (Phi) is 3.12. The molecule has 0 radical (unpaired) electrons. The van der Waals surface area contributed by atoms with Crippen LogP contribution >= 0.6 is 11.3 Å². The predicted molar refractivity (Wildman–Crippen MR) is 65.2 cm³/mol. The van der Waals surface area contributed by atoms with Crippen molar-refractivity contribution >= 4 is 11.3 Å². The Morgan fingerprint density at radius 2 is 2.27 bits per heavy atom. The number of hydrogen-bond donors (Lipinski definition) is 1. The average molecular weight is 224 g/mol. The summed E-state index contributed by atoms with van der Waals surface area (Å²) in [5.74, 6) is 0.768. The van der Waals surface area contributed by atoms with Crippen LogP contribution in [0.1, 0.15) is 49.7 Å². The van der Waals surface area contributed by atoms with Crippen LogP contribution in [0.4, 0.5) is 0 Å². The molecule has 1 saturated carbocycles. The lowest BCUT2D eigenvalue weighted by molar-refractivity contribution is 0.371. The highest BCUT2D eigenvalue weighted by molar-refractivity contribution is 7.09. The number of nitrogens with zero attached hydrogens (tertiary/aromatic N) is 1. The van der Waals surface area contributed by atoms with E-state index in [1.54, 1.807) is 0 Å². The third-order valence-electron chi connectivity index (χ3n) is 3.24. The largest absolute Gasteiger partial charge is 0.330 e. The fourth-order valence-corrected chi connectivity index (χ4v) is 2.80.